The van der Waals surface area contributed by atoms with Gasteiger partial charge in [-0.05, 0) is 25.3 Å². The Hall–Kier alpha value is -3.66. The van der Waals surface area contributed by atoms with Crippen LogP contribution < -0.4 is 10.6 Å². The van der Waals surface area contributed by atoms with Crippen LogP contribution in [0, 0.1) is 11.8 Å². The molecular formula is C21H19ClN8O2. The van der Waals surface area contributed by atoms with E-state index in [1.165, 1.54) is 29.9 Å². The van der Waals surface area contributed by atoms with Crippen LogP contribution in [-0.4, -0.2) is 48.4 Å². The minimum Gasteiger partial charge on any atom is -0.371 e. The zero-order valence-corrected chi connectivity index (χ0v) is 17.8. The molecule has 0 aromatic carbocycles. The van der Waals surface area contributed by atoms with E-state index in [1.807, 2.05) is 6.92 Å². The number of hydrogen-bond donors (Lipinski definition) is 2. The van der Waals surface area contributed by atoms with Crippen molar-refractivity contribution in [3.63, 3.8) is 0 Å². The average molecular weight is 454 g/mol. The minimum atomic E-state index is -2.51. The lowest BCUT2D eigenvalue weighted by atomic mass is 10.1. The second-order valence-electron chi connectivity index (χ2n) is 7.78. The molecule has 5 rings (SSSR count). The number of amides is 1. The number of fused-ring (bicyclic) bond motifs is 2. The maximum absolute atomic E-state index is 12.4. The van der Waals surface area contributed by atoms with Crippen molar-refractivity contribution in [2.24, 2.45) is 11.8 Å². The Balaban J connectivity index is 1.64. The van der Waals surface area contributed by atoms with Crippen LogP contribution in [0.5, 0.6) is 0 Å². The van der Waals surface area contributed by atoms with Gasteiger partial charge < -0.3 is 10.6 Å². The average Bonchev–Trinajstić information content (AvgIpc) is 3.36. The summed E-state index contributed by atoms with van der Waals surface area (Å²) in [5, 5.41) is 18.4. The highest BCUT2D eigenvalue weighted by atomic mass is 35.5. The lowest BCUT2D eigenvalue weighted by Crippen LogP contribution is -2.16. The number of anilines is 2. The fraction of sp³-hybridized carbons (Fsp3) is 0.286. The van der Waals surface area contributed by atoms with E-state index in [2.05, 4.69) is 35.9 Å². The third-order valence-corrected chi connectivity index (χ3v) is 5.80. The van der Waals surface area contributed by atoms with Gasteiger partial charge in [0, 0.05) is 46.4 Å². The highest BCUT2D eigenvalue weighted by molar-refractivity contribution is 6.34. The SMILES string of the molecule is [2H]C([2H])([2H])Nc1ncc(-c2nc3cc(Cl)c(C(C)=O)cn3n2)c2cc(NC(=O)[C@H]3C[C@H]3C)nnc12. The van der Waals surface area contributed by atoms with Crippen LogP contribution in [0.3, 0.4) is 0 Å². The molecule has 0 saturated heterocycles. The van der Waals surface area contributed by atoms with E-state index in [1.54, 1.807) is 6.07 Å². The lowest BCUT2D eigenvalue weighted by Gasteiger charge is -2.09. The molecule has 0 bridgehead atoms. The molecule has 0 radical (unpaired) electrons. The summed E-state index contributed by atoms with van der Waals surface area (Å²) >= 11 is 6.21. The summed E-state index contributed by atoms with van der Waals surface area (Å²) in [5.74, 6) is 0.308. The van der Waals surface area contributed by atoms with Gasteiger partial charge in [-0.25, -0.2) is 14.5 Å². The Morgan fingerprint density at radius 1 is 1.31 bits per heavy atom. The first-order valence-corrected chi connectivity index (χ1v) is 10.2. The molecule has 4 aromatic heterocycles. The second-order valence-corrected chi connectivity index (χ2v) is 8.18. The number of hydrogen-bond acceptors (Lipinski definition) is 8. The number of aromatic nitrogens is 6. The monoisotopic (exact) mass is 453 g/mol. The largest absolute Gasteiger partial charge is 0.371 e. The number of Topliss-reactive ketones (excluding diaryl/α,β-unsaturated/α-hetero) is 1. The third kappa shape index (κ3) is 3.42. The van der Waals surface area contributed by atoms with Gasteiger partial charge in [-0.1, -0.05) is 18.5 Å². The molecule has 4 aromatic rings. The third-order valence-electron chi connectivity index (χ3n) is 5.49. The smallest absolute Gasteiger partial charge is 0.228 e. The van der Waals surface area contributed by atoms with Gasteiger partial charge in [0.1, 0.15) is 5.52 Å². The van der Waals surface area contributed by atoms with Gasteiger partial charge in [0.25, 0.3) is 0 Å². The highest BCUT2D eigenvalue weighted by Crippen LogP contribution is 2.38. The van der Waals surface area contributed by atoms with E-state index in [0.717, 1.165) is 6.42 Å². The predicted octanol–water partition coefficient (Wildman–Crippen LogP) is 3.23. The lowest BCUT2D eigenvalue weighted by molar-refractivity contribution is -0.117. The van der Waals surface area contributed by atoms with Crippen molar-refractivity contribution in [2.75, 3.05) is 17.6 Å². The molecule has 1 saturated carbocycles. The molecule has 2 atom stereocenters. The van der Waals surface area contributed by atoms with E-state index in [0.29, 0.717) is 28.1 Å². The Morgan fingerprint density at radius 2 is 2.12 bits per heavy atom. The van der Waals surface area contributed by atoms with Gasteiger partial charge in [-0.2, -0.15) is 0 Å². The summed E-state index contributed by atoms with van der Waals surface area (Å²) in [7, 11) is 0. The fourth-order valence-electron chi connectivity index (χ4n) is 3.55. The molecule has 1 amide bonds. The van der Waals surface area contributed by atoms with Crippen LogP contribution in [0.15, 0.2) is 24.5 Å². The topological polar surface area (TPSA) is 127 Å². The van der Waals surface area contributed by atoms with Crippen molar-refractivity contribution in [2.45, 2.75) is 20.3 Å². The molecule has 1 aliphatic rings. The summed E-state index contributed by atoms with van der Waals surface area (Å²) in [6.07, 6.45) is 3.71. The molecule has 1 aliphatic carbocycles. The van der Waals surface area contributed by atoms with E-state index < -0.39 is 6.98 Å². The van der Waals surface area contributed by atoms with Gasteiger partial charge in [-0.3, -0.25) is 9.59 Å². The maximum atomic E-state index is 12.4. The summed E-state index contributed by atoms with van der Waals surface area (Å²) in [6.45, 7) is 0.876. The zero-order valence-electron chi connectivity index (χ0n) is 20.0. The van der Waals surface area contributed by atoms with E-state index in [9.17, 15) is 9.59 Å². The van der Waals surface area contributed by atoms with E-state index >= 15 is 0 Å². The molecule has 10 nitrogen and oxygen atoms in total. The van der Waals surface area contributed by atoms with E-state index in [-0.39, 0.29) is 45.6 Å². The highest BCUT2D eigenvalue weighted by Gasteiger charge is 2.39. The molecule has 0 unspecified atom stereocenters. The zero-order chi connectivity index (χ0) is 25.1. The molecule has 32 heavy (non-hydrogen) atoms. The Morgan fingerprint density at radius 3 is 2.84 bits per heavy atom. The first-order chi connectivity index (χ1) is 16.5. The quantitative estimate of drug-likeness (QED) is 0.441. The van der Waals surface area contributed by atoms with Crippen molar-refractivity contribution < 1.29 is 13.7 Å². The van der Waals surface area contributed by atoms with Crippen molar-refractivity contribution in [3.05, 3.63) is 35.1 Å². The van der Waals surface area contributed by atoms with Crippen LogP contribution in [0.2, 0.25) is 5.02 Å². The summed E-state index contributed by atoms with van der Waals surface area (Å²) in [4.78, 5) is 33.0. The molecular weight excluding hydrogens is 432 g/mol. The first kappa shape index (κ1) is 17.0. The van der Waals surface area contributed by atoms with Crippen LogP contribution >= 0.6 is 11.6 Å². The molecule has 4 heterocycles. The van der Waals surface area contributed by atoms with Gasteiger partial charge in [-0.15, -0.1) is 15.3 Å². The molecule has 2 N–H and O–H groups in total. The van der Waals surface area contributed by atoms with Gasteiger partial charge in [0.15, 0.2) is 28.9 Å². The summed E-state index contributed by atoms with van der Waals surface area (Å²) in [6, 6.07) is 3.10. The van der Waals surface area contributed by atoms with Gasteiger partial charge in [0.2, 0.25) is 5.91 Å². The van der Waals surface area contributed by atoms with Crippen molar-refractivity contribution >= 4 is 51.5 Å². The fourth-order valence-corrected chi connectivity index (χ4v) is 3.83. The molecule has 1 fully saturated rings. The Bertz CT molecular complexity index is 1520. The van der Waals surface area contributed by atoms with Crippen LogP contribution in [-0.2, 0) is 4.79 Å². The normalized spacial score (nSPS) is 19.3. The first-order valence-electron chi connectivity index (χ1n) is 11.3. The van der Waals surface area contributed by atoms with Crippen molar-refractivity contribution in [1.29, 1.82) is 0 Å². The Kier molecular flexibility index (Phi) is 3.97. The number of ketones is 1. The van der Waals surface area contributed by atoms with Crippen LogP contribution in [0.25, 0.3) is 27.9 Å². The number of halogens is 1. The number of nitrogens with zero attached hydrogens (tertiary/aromatic N) is 6. The second kappa shape index (κ2) is 7.49. The van der Waals surface area contributed by atoms with Gasteiger partial charge >= 0.3 is 0 Å². The number of rotatable bonds is 5. The molecule has 0 spiro atoms. The molecule has 0 aliphatic heterocycles. The number of carbonyl (C=O) groups is 2. The standard InChI is InChI=1S/C21H19ClN8O2/c1-9-4-11(9)21(32)25-16-5-12-13(7-24-20(23-3)18(12)28-27-16)19-26-17-6-15(22)14(10(2)31)8-30(17)29-19/h5-9,11H,4H2,1-3H3,(H,23,24)(H,25,27,32)/t9-,11+/m1/s1/i3D3. The van der Waals surface area contributed by atoms with Crippen LogP contribution in [0.4, 0.5) is 11.6 Å². The number of nitrogens with one attached hydrogen (secondary N) is 2. The number of carbonyl (C=O) groups excluding carboxylic acids is 2. The van der Waals surface area contributed by atoms with Crippen molar-refractivity contribution in [1.82, 2.24) is 29.8 Å². The minimum absolute atomic E-state index is 0.00406. The predicted molar refractivity (Wildman–Crippen MR) is 120 cm³/mol. The summed E-state index contributed by atoms with van der Waals surface area (Å²) in [5.41, 5.74) is 1.27. The van der Waals surface area contributed by atoms with Gasteiger partial charge in [0.05, 0.1) is 10.6 Å². The maximum Gasteiger partial charge on any atom is 0.228 e. The van der Waals surface area contributed by atoms with E-state index in [4.69, 9.17) is 15.7 Å². The van der Waals surface area contributed by atoms with Crippen LogP contribution in [0.1, 0.15) is 34.7 Å². The Labute approximate surface area is 191 Å². The summed E-state index contributed by atoms with van der Waals surface area (Å²) < 4.78 is 24.0. The van der Waals surface area contributed by atoms with Crippen molar-refractivity contribution in [3.8, 4) is 11.4 Å². The molecule has 11 heteroatoms. The molecule has 162 valence electrons. The number of pyridine rings is 2.